The van der Waals surface area contributed by atoms with Gasteiger partial charge in [-0.25, -0.2) is 4.79 Å². The van der Waals surface area contributed by atoms with Gasteiger partial charge in [0, 0.05) is 18.1 Å². The molecule has 0 fully saturated rings. The van der Waals surface area contributed by atoms with Crippen LogP contribution in [0.4, 0.5) is 0 Å². The van der Waals surface area contributed by atoms with Crippen LogP contribution in [0.3, 0.4) is 0 Å². The summed E-state index contributed by atoms with van der Waals surface area (Å²) in [5, 5.41) is 10.0. The molecule has 0 bridgehead atoms. The van der Waals surface area contributed by atoms with Crippen molar-refractivity contribution >= 4 is 45.0 Å². The predicted octanol–water partition coefficient (Wildman–Crippen LogP) is 4.05. The summed E-state index contributed by atoms with van der Waals surface area (Å²) in [6, 6.07) is 0. The molecule has 0 aromatic carbocycles. The molecule has 1 rings (SSSR count). The summed E-state index contributed by atoms with van der Waals surface area (Å²) in [6.45, 7) is 5.80. The normalized spacial score (nSPS) is 11.9. The molecular formula is C14H16BrNO3S. The molecule has 4 nitrogen and oxygen atoms in total. The van der Waals surface area contributed by atoms with Gasteiger partial charge in [-0.1, -0.05) is 12.2 Å². The summed E-state index contributed by atoms with van der Waals surface area (Å²) in [5.41, 5.74) is 1.89. The van der Waals surface area contributed by atoms with Crippen LogP contribution in [0.15, 0.2) is 27.7 Å². The number of halogens is 1. The number of thiophene rings is 1. The quantitative estimate of drug-likeness (QED) is 0.491. The number of carbonyl (C=O) groups excluding carboxylic acids is 1. The molecule has 1 heterocycles. The van der Waals surface area contributed by atoms with Crippen LogP contribution >= 0.6 is 27.3 Å². The Bertz CT molecular complexity index is 587. The zero-order valence-corrected chi connectivity index (χ0v) is 14.0. The molecule has 20 heavy (non-hydrogen) atoms. The Labute approximate surface area is 130 Å². The van der Waals surface area contributed by atoms with E-state index >= 15 is 0 Å². The number of hydrogen-bond donors (Lipinski definition) is 1. The van der Waals surface area contributed by atoms with Gasteiger partial charge in [-0.05, 0) is 40.9 Å². The number of aliphatic imine (C=N–C) groups is 1. The van der Waals surface area contributed by atoms with Gasteiger partial charge in [-0.2, -0.15) is 0 Å². The summed E-state index contributed by atoms with van der Waals surface area (Å²) in [5.74, 6) is -0.656. The van der Waals surface area contributed by atoms with Crippen LogP contribution in [0.25, 0.3) is 5.57 Å². The van der Waals surface area contributed by atoms with Crippen molar-refractivity contribution in [2.45, 2.75) is 13.3 Å². The average Bonchev–Trinajstić information content (AvgIpc) is 2.70. The third kappa shape index (κ3) is 3.80. The SMILES string of the molecule is C=C(C)C/C(=C\C=N/C)c1sc(C(=O)OC)c(O)c1Br. The van der Waals surface area contributed by atoms with Gasteiger partial charge in [0.05, 0.1) is 11.6 Å². The second-order valence-electron chi connectivity index (χ2n) is 4.15. The number of carbonyl (C=O) groups is 1. The highest BCUT2D eigenvalue weighted by Crippen LogP contribution is 2.43. The van der Waals surface area contributed by atoms with Crippen LogP contribution < -0.4 is 0 Å². The van der Waals surface area contributed by atoms with Crippen LogP contribution in [0, 0.1) is 0 Å². The number of ether oxygens (including phenoxy) is 1. The second-order valence-corrected chi connectivity index (χ2v) is 5.96. The molecule has 6 heteroatoms. The number of methoxy groups -OCH3 is 1. The van der Waals surface area contributed by atoms with Gasteiger partial charge in [0.1, 0.15) is 0 Å². The van der Waals surface area contributed by atoms with Gasteiger partial charge < -0.3 is 9.84 Å². The van der Waals surface area contributed by atoms with E-state index < -0.39 is 5.97 Å². The highest BCUT2D eigenvalue weighted by molar-refractivity contribution is 9.10. The van der Waals surface area contributed by atoms with Crippen LogP contribution in [0.1, 0.15) is 27.9 Å². The lowest BCUT2D eigenvalue weighted by atomic mass is 10.1. The van der Waals surface area contributed by atoms with E-state index in [-0.39, 0.29) is 10.6 Å². The summed E-state index contributed by atoms with van der Waals surface area (Å²) >= 11 is 4.50. The fourth-order valence-corrected chi connectivity index (χ4v) is 3.40. The first-order chi connectivity index (χ1) is 9.42. The van der Waals surface area contributed by atoms with Crippen molar-refractivity contribution in [3.63, 3.8) is 0 Å². The zero-order valence-electron chi connectivity index (χ0n) is 11.6. The summed E-state index contributed by atoms with van der Waals surface area (Å²) in [7, 11) is 2.96. The van der Waals surface area contributed by atoms with E-state index in [0.29, 0.717) is 10.9 Å². The van der Waals surface area contributed by atoms with Gasteiger partial charge in [0.2, 0.25) is 0 Å². The molecule has 108 valence electrons. The van der Waals surface area contributed by atoms with Gasteiger partial charge in [0.25, 0.3) is 0 Å². The molecule has 0 radical (unpaired) electrons. The Kier molecular flexibility index (Phi) is 6.16. The zero-order chi connectivity index (χ0) is 15.3. The number of nitrogens with zero attached hydrogens (tertiary/aromatic N) is 1. The molecule has 1 aromatic heterocycles. The predicted molar refractivity (Wildman–Crippen MR) is 86.8 cm³/mol. The van der Waals surface area contributed by atoms with E-state index in [2.05, 4.69) is 32.2 Å². The summed E-state index contributed by atoms with van der Waals surface area (Å²) in [6.07, 6.45) is 4.14. The first-order valence-corrected chi connectivity index (χ1v) is 7.38. The molecule has 0 atom stereocenters. The highest BCUT2D eigenvalue weighted by Gasteiger charge is 2.23. The minimum absolute atomic E-state index is 0.0992. The standard InChI is InChI=1S/C14H16BrNO3S/c1-8(2)7-9(5-6-16-3)12-10(15)11(17)13(20-12)14(18)19-4/h5-6,17H,1,7H2,2-4H3/b9-5+,16-6-. The molecule has 0 amide bonds. The van der Waals surface area contributed by atoms with Crippen LogP contribution in [-0.2, 0) is 4.74 Å². The van der Waals surface area contributed by atoms with Gasteiger partial charge in [-0.3, -0.25) is 4.99 Å². The van der Waals surface area contributed by atoms with Crippen LogP contribution in [-0.4, -0.2) is 31.4 Å². The number of allylic oxidation sites excluding steroid dienone is 3. The Morgan fingerprint density at radius 3 is 2.70 bits per heavy atom. The summed E-state index contributed by atoms with van der Waals surface area (Å²) in [4.78, 5) is 16.5. The van der Waals surface area contributed by atoms with Gasteiger partial charge in [0.15, 0.2) is 10.6 Å². The van der Waals surface area contributed by atoms with Crippen molar-refractivity contribution in [2.75, 3.05) is 14.2 Å². The maximum absolute atomic E-state index is 11.6. The minimum atomic E-state index is -0.557. The number of rotatable bonds is 5. The molecular weight excluding hydrogens is 342 g/mol. The van der Waals surface area contributed by atoms with E-state index in [0.717, 1.165) is 16.0 Å². The molecule has 1 aromatic rings. The average molecular weight is 358 g/mol. The second kappa shape index (κ2) is 7.40. The molecule has 1 N–H and O–H groups in total. The highest BCUT2D eigenvalue weighted by atomic mass is 79.9. The smallest absolute Gasteiger partial charge is 0.351 e. The van der Waals surface area contributed by atoms with Crippen molar-refractivity contribution in [1.29, 1.82) is 0 Å². The number of aromatic hydroxyl groups is 1. The molecule has 0 spiro atoms. The largest absolute Gasteiger partial charge is 0.505 e. The monoisotopic (exact) mass is 357 g/mol. The third-order valence-electron chi connectivity index (χ3n) is 2.41. The molecule has 0 aliphatic carbocycles. The first-order valence-electron chi connectivity index (χ1n) is 5.78. The molecule has 0 saturated carbocycles. The van der Waals surface area contributed by atoms with Crippen LogP contribution in [0.5, 0.6) is 5.75 Å². The van der Waals surface area contributed by atoms with E-state index in [4.69, 9.17) is 0 Å². The lowest BCUT2D eigenvalue weighted by Gasteiger charge is -2.04. The topological polar surface area (TPSA) is 58.9 Å². The van der Waals surface area contributed by atoms with E-state index in [1.165, 1.54) is 18.4 Å². The van der Waals surface area contributed by atoms with E-state index in [1.807, 2.05) is 13.0 Å². The third-order valence-corrected chi connectivity index (χ3v) is 4.68. The van der Waals surface area contributed by atoms with E-state index in [1.54, 1.807) is 13.3 Å². The van der Waals surface area contributed by atoms with Crippen molar-refractivity contribution in [3.8, 4) is 5.75 Å². The lowest BCUT2D eigenvalue weighted by Crippen LogP contribution is -1.97. The number of esters is 1. The molecule has 0 unspecified atom stereocenters. The van der Waals surface area contributed by atoms with Crippen molar-refractivity contribution in [3.05, 3.63) is 32.5 Å². The van der Waals surface area contributed by atoms with Gasteiger partial charge in [-0.15, -0.1) is 11.3 Å². The minimum Gasteiger partial charge on any atom is -0.505 e. The Balaban J connectivity index is 3.34. The fourth-order valence-electron chi connectivity index (χ4n) is 1.54. The maximum Gasteiger partial charge on any atom is 0.351 e. The van der Waals surface area contributed by atoms with Crippen molar-refractivity contribution in [2.24, 2.45) is 4.99 Å². The first kappa shape index (κ1) is 16.7. The number of hydrogen-bond acceptors (Lipinski definition) is 5. The van der Waals surface area contributed by atoms with Crippen molar-refractivity contribution in [1.82, 2.24) is 0 Å². The molecule has 0 aliphatic rings. The van der Waals surface area contributed by atoms with Crippen molar-refractivity contribution < 1.29 is 14.6 Å². The maximum atomic E-state index is 11.6. The summed E-state index contributed by atoms with van der Waals surface area (Å²) < 4.78 is 5.14. The Hall–Kier alpha value is -1.40. The molecule has 0 saturated heterocycles. The van der Waals surface area contributed by atoms with E-state index in [9.17, 15) is 9.90 Å². The van der Waals surface area contributed by atoms with Gasteiger partial charge >= 0.3 is 5.97 Å². The van der Waals surface area contributed by atoms with Crippen LogP contribution in [0.2, 0.25) is 0 Å². The molecule has 0 aliphatic heterocycles. The Morgan fingerprint density at radius 1 is 1.55 bits per heavy atom. The Morgan fingerprint density at radius 2 is 2.20 bits per heavy atom. The lowest BCUT2D eigenvalue weighted by molar-refractivity contribution is 0.0603. The fraction of sp³-hybridized carbons (Fsp3) is 0.286.